The zero-order chi connectivity index (χ0) is 16.4. The van der Waals surface area contributed by atoms with Gasteiger partial charge in [-0.25, -0.2) is 4.98 Å². The lowest BCUT2D eigenvalue weighted by atomic mass is 9.97. The Morgan fingerprint density at radius 2 is 1.83 bits per heavy atom. The first-order chi connectivity index (χ1) is 11.1. The average molecular weight is 301 g/mol. The number of aryl methyl sites for hydroxylation is 1. The van der Waals surface area contributed by atoms with E-state index in [1.165, 1.54) is 0 Å². The van der Waals surface area contributed by atoms with Crippen LogP contribution in [0.4, 0.5) is 5.82 Å². The number of benzene rings is 2. The van der Waals surface area contributed by atoms with E-state index >= 15 is 0 Å². The van der Waals surface area contributed by atoms with E-state index in [2.05, 4.69) is 11.1 Å². The maximum Gasteiger partial charge on any atom is 0.142 e. The minimum absolute atomic E-state index is 0.124. The molecule has 4 heteroatoms. The molecule has 0 atom stereocenters. The van der Waals surface area contributed by atoms with Crippen LogP contribution in [-0.4, -0.2) is 10.1 Å². The van der Waals surface area contributed by atoms with Crippen LogP contribution in [0.25, 0.3) is 22.4 Å². The van der Waals surface area contributed by atoms with Crippen molar-refractivity contribution >= 4 is 5.82 Å². The molecule has 0 radical (unpaired) electrons. The number of phenols is 1. The fraction of sp³-hybridized carbons (Fsp3) is 0.0526. The number of para-hydroxylation sites is 1. The molecular weight excluding hydrogens is 286 g/mol. The Labute approximate surface area is 134 Å². The van der Waals surface area contributed by atoms with Gasteiger partial charge in [0.1, 0.15) is 23.2 Å². The molecule has 0 saturated heterocycles. The minimum Gasteiger partial charge on any atom is -0.507 e. The molecule has 3 aromatic rings. The Morgan fingerprint density at radius 3 is 2.52 bits per heavy atom. The van der Waals surface area contributed by atoms with Crippen LogP contribution in [0.5, 0.6) is 5.75 Å². The summed E-state index contributed by atoms with van der Waals surface area (Å²) in [6, 6.07) is 18.7. The summed E-state index contributed by atoms with van der Waals surface area (Å²) in [5, 5.41) is 19.5. The van der Waals surface area contributed by atoms with Gasteiger partial charge in [0.15, 0.2) is 0 Å². The summed E-state index contributed by atoms with van der Waals surface area (Å²) in [6.07, 6.45) is 0. The van der Waals surface area contributed by atoms with Crippen molar-refractivity contribution in [2.75, 3.05) is 5.73 Å². The lowest BCUT2D eigenvalue weighted by molar-refractivity contribution is 0.477. The Kier molecular flexibility index (Phi) is 3.70. The normalized spacial score (nSPS) is 10.3. The summed E-state index contributed by atoms with van der Waals surface area (Å²) >= 11 is 0. The second-order valence-corrected chi connectivity index (χ2v) is 5.31. The van der Waals surface area contributed by atoms with Crippen molar-refractivity contribution in [3.05, 3.63) is 65.7 Å². The predicted octanol–water partition coefficient (Wildman–Crippen LogP) is 3.88. The van der Waals surface area contributed by atoms with Gasteiger partial charge in [-0.15, -0.1) is 0 Å². The van der Waals surface area contributed by atoms with Crippen LogP contribution in [0.15, 0.2) is 54.6 Å². The summed E-state index contributed by atoms with van der Waals surface area (Å²) in [4.78, 5) is 4.28. The number of hydrogen-bond donors (Lipinski definition) is 2. The van der Waals surface area contributed by atoms with Crippen molar-refractivity contribution in [2.45, 2.75) is 6.92 Å². The van der Waals surface area contributed by atoms with Crippen LogP contribution < -0.4 is 5.73 Å². The van der Waals surface area contributed by atoms with E-state index in [1.54, 1.807) is 24.3 Å². The molecule has 0 unspecified atom stereocenters. The molecule has 3 rings (SSSR count). The number of nitrogen functional groups attached to an aromatic ring is 1. The van der Waals surface area contributed by atoms with E-state index in [0.29, 0.717) is 22.4 Å². The first kappa shape index (κ1) is 14.6. The number of hydrogen-bond acceptors (Lipinski definition) is 4. The molecule has 4 nitrogen and oxygen atoms in total. The number of nitriles is 1. The van der Waals surface area contributed by atoms with Crippen LogP contribution in [0, 0.1) is 18.3 Å². The first-order valence-corrected chi connectivity index (χ1v) is 7.16. The van der Waals surface area contributed by atoms with Gasteiger partial charge in [0.05, 0.1) is 5.69 Å². The second-order valence-electron chi connectivity index (χ2n) is 5.31. The van der Waals surface area contributed by atoms with Crippen molar-refractivity contribution < 1.29 is 5.11 Å². The first-order valence-electron chi connectivity index (χ1n) is 7.16. The lowest BCUT2D eigenvalue weighted by Gasteiger charge is -2.11. The second kappa shape index (κ2) is 5.82. The highest BCUT2D eigenvalue weighted by Crippen LogP contribution is 2.34. The Balaban J connectivity index is 2.27. The minimum atomic E-state index is 0.124. The Hall–Kier alpha value is -3.32. The third kappa shape index (κ3) is 2.72. The molecule has 3 N–H and O–H groups in total. The monoisotopic (exact) mass is 301 g/mol. The van der Waals surface area contributed by atoms with Gasteiger partial charge >= 0.3 is 0 Å². The number of nitrogens with zero attached hydrogens (tertiary/aromatic N) is 2. The van der Waals surface area contributed by atoms with Gasteiger partial charge < -0.3 is 10.8 Å². The topological polar surface area (TPSA) is 82.9 Å². The van der Waals surface area contributed by atoms with Crippen LogP contribution in [0.3, 0.4) is 0 Å². The van der Waals surface area contributed by atoms with Crippen LogP contribution in [0.2, 0.25) is 0 Å². The lowest BCUT2D eigenvalue weighted by Crippen LogP contribution is -2.00. The fourth-order valence-corrected chi connectivity index (χ4v) is 2.55. The van der Waals surface area contributed by atoms with Crippen molar-refractivity contribution in [2.24, 2.45) is 0 Å². The maximum absolute atomic E-state index is 10.0. The number of pyridine rings is 1. The van der Waals surface area contributed by atoms with Crippen LogP contribution in [0.1, 0.15) is 11.1 Å². The summed E-state index contributed by atoms with van der Waals surface area (Å²) in [5.41, 5.74) is 10.1. The molecule has 23 heavy (non-hydrogen) atoms. The van der Waals surface area contributed by atoms with Gasteiger partial charge in [-0.1, -0.05) is 42.0 Å². The van der Waals surface area contributed by atoms with E-state index in [4.69, 9.17) is 5.73 Å². The van der Waals surface area contributed by atoms with E-state index in [1.807, 2.05) is 37.3 Å². The zero-order valence-corrected chi connectivity index (χ0v) is 12.6. The quantitative estimate of drug-likeness (QED) is 0.752. The highest BCUT2D eigenvalue weighted by Gasteiger charge is 2.15. The van der Waals surface area contributed by atoms with Gasteiger partial charge in [-0.2, -0.15) is 5.26 Å². The highest BCUT2D eigenvalue weighted by molar-refractivity contribution is 5.81. The van der Waals surface area contributed by atoms with Gasteiger partial charge in [0.25, 0.3) is 0 Å². The molecule has 112 valence electrons. The molecule has 0 bridgehead atoms. The molecular formula is C19H15N3O. The van der Waals surface area contributed by atoms with E-state index in [9.17, 15) is 10.4 Å². The van der Waals surface area contributed by atoms with Gasteiger partial charge in [-0.05, 0) is 30.7 Å². The highest BCUT2D eigenvalue weighted by atomic mass is 16.3. The molecule has 0 aliphatic heterocycles. The Bertz CT molecular complexity index is 926. The third-order valence-electron chi connectivity index (χ3n) is 3.67. The molecule has 0 aliphatic carbocycles. The average Bonchev–Trinajstić information content (AvgIpc) is 2.54. The maximum atomic E-state index is 10.0. The van der Waals surface area contributed by atoms with Crippen LogP contribution >= 0.6 is 0 Å². The van der Waals surface area contributed by atoms with Crippen molar-refractivity contribution in [3.8, 4) is 34.2 Å². The van der Waals surface area contributed by atoms with E-state index in [-0.39, 0.29) is 11.6 Å². The summed E-state index contributed by atoms with van der Waals surface area (Å²) < 4.78 is 0. The molecule has 0 aliphatic rings. The molecule has 0 spiro atoms. The molecule has 0 fully saturated rings. The molecule has 0 saturated carbocycles. The third-order valence-corrected chi connectivity index (χ3v) is 3.67. The van der Waals surface area contributed by atoms with Crippen LogP contribution in [-0.2, 0) is 0 Å². The number of aromatic hydroxyl groups is 1. The zero-order valence-electron chi connectivity index (χ0n) is 12.6. The van der Waals surface area contributed by atoms with Gasteiger partial charge in [0.2, 0.25) is 0 Å². The van der Waals surface area contributed by atoms with E-state index in [0.717, 1.165) is 11.1 Å². The SMILES string of the molecule is Cc1cccc(-c2cc(-c3ccccc3O)nc(N)c2C#N)c1. The summed E-state index contributed by atoms with van der Waals surface area (Å²) in [7, 11) is 0. The number of nitrogens with two attached hydrogens (primary N) is 1. The van der Waals surface area contributed by atoms with Crippen molar-refractivity contribution in [3.63, 3.8) is 0 Å². The van der Waals surface area contributed by atoms with Gasteiger partial charge in [-0.3, -0.25) is 0 Å². The number of anilines is 1. The van der Waals surface area contributed by atoms with Crippen molar-refractivity contribution in [1.29, 1.82) is 5.26 Å². The van der Waals surface area contributed by atoms with Gasteiger partial charge in [0, 0.05) is 11.1 Å². The predicted molar refractivity (Wildman–Crippen MR) is 90.6 cm³/mol. The smallest absolute Gasteiger partial charge is 0.142 e. The summed E-state index contributed by atoms with van der Waals surface area (Å²) in [5.74, 6) is 0.282. The standard InChI is InChI=1S/C19H15N3O/c1-12-5-4-6-13(9-12)15-10-17(22-19(21)16(15)11-20)14-7-2-3-8-18(14)23/h2-10,23H,1H3,(H2,21,22). The summed E-state index contributed by atoms with van der Waals surface area (Å²) in [6.45, 7) is 1.99. The molecule has 1 aromatic heterocycles. The van der Waals surface area contributed by atoms with E-state index < -0.39 is 0 Å². The fourth-order valence-electron chi connectivity index (χ4n) is 2.55. The molecule has 1 heterocycles. The number of rotatable bonds is 2. The number of aromatic nitrogens is 1. The molecule has 2 aromatic carbocycles. The van der Waals surface area contributed by atoms with Crippen molar-refractivity contribution in [1.82, 2.24) is 4.98 Å². The number of phenolic OH excluding ortho intramolecular Hbond substituents is 1. The molecule has 0 amide bonds. The largest absolute Gasteiger partial charge is 0.507 e. The Morgan fingerprint density at radius 1 is 1.04 bits per heavy atom.